The van der Waals surface area contributed by atoms with Gasteiger partial charge in [0.05, 0.1) is 4.90 Å². The summed E-state index contributed by atoms with van der Waals surface area (Å²) in [7, 11) is -4.46. The van der Waals surface area contributed by atoms with E-state index < -0.39 is 10.1 Å². The maximum Gasteiger partial charge on any atom is 1.00 e. The van der Waals surface area contributed by atoms with Gasteiger partial charge in [0.1, 0.15) is 10.1 Å². The van der Waals surface area contributed by atoms with E-state index in [2.05, 4.69) is 9.97 Å². The molecule has 0 aliphatic heterocycles. The summed E-state index contributed by atoms with van der Waals surface area (Å²) in [6.07, 6.45) is 2.73. The van der Waals surface area contributed by atoms with Crippen LogP contribution in [-0.4, -0.2) is 22.9 Å². The predicted molar refractivity (Wildman–Crippen MR) is 47.5 cm³/mol. The van der Waals surface area contributed by atoms with Crippen molar-refractivity contribution in [3.8, 4) is 0 Å². The Bertz CT molecular complexity index is 580. The van der Waals surface area contributed by atoms with Crippen LogP contribution in [0.4, 0.5) is 0 Å². The average molecular weight is 248 g/mol. The Labute approximate surface area is 129 Å². The molecule has 0 unspecified atom stereocenters. The number of hydrogen-bond acceptors (Lipinski definition) is 5. The van der Waals surface area contributed by atoms with Gasteiger partial charge < -0.3 is 4.55 Å². The topological polar surface area (TPSA) is 83.0 Å². The minimum atomic E-state index is -4.46. The number of pyridine rings is 2. The molecule has 72 valence electrons. The minimum absolute atomic E-state index is 0. The van der Waals surface area contributed by atoms with Crippen LogP contribution in [0.5, 0.6) is 0 Å². The quantitative estimate of drug-likeness (QED) is 0.413. The van der Waals surface area contributed by atoms with E-state index in [1.165, 1.54) is 24.5 Å². The van der Waals surface area contributed by atoms with Gasteiger partial charge in [0.25, 0.3) is 0 Å². The van der Waals surface area contributed by atoms with Crippen molar-refractivity contribution in [3.05, 3.63) is 30.6 Å². The zero-order chi connectivity index (χ0) is 10.2. The van der Waals surface area contributed by atoms with Crippen LogP contribution in [0.15, 0.2) is 35.5 Å². The number of rotatable bonds is 1. The molecule has 0 aromatic carbocycles. The molecular formula is C8H5KN2O3S. The second-order valence-corrected chi connectivity index (χ2v) is 3.99. The Morgan fingerprint density at radius 2 is 1.80 bits per heavy atom. The second-order valence-electron chi connectivity index (χ2n) is 2.64. The summed E-state index contributed by atoms with van der Waals surface area (Å²) in [4.78, 5) is 7.40. The molecule has 0 spiro atoms. The molecule has 5 nitrogen and oxygen atoms in total. The normalized spacial score (nSPS) is 11.0. The van der Waals surface area contributed by atoms with Crippen molar-refractivity contribution in [1.82, 2.24) is 9.97 Å². The van der Waals surface area contributed by atoms with Crippen LogP contribution in [-0.2, 0) is 10.1 Å². The number of aromatic nitrogens is 2. The third kappa shape index (κ3) is 2.81. The second kappa shape index (κ2) is 4.96. The summed E-state index contributed by atoms with van der Waals surface area (Å²) in [5.41, 5.74) is 0.254. The third-order valence-corrected chi connectivity index (χ3v) is 2.64. The van der Waals surface area contributed by atoms with E-state index in [-0.39, 0.29) is 67.3 Å². The molecule has 15 heavy (non-hydrogen) atoms. The summed E-state index contributed by atoms with van der Waals surface area (Å²) >= 11 is 0. The van der Waals surface area contributed by atoms with Crippen LogP contribution in [0.1, 0.15) is 0 Å². The fourth-order valence-electron chi connectivity index (χ4n) is 1.18. The van der Waals surface area contributed by atoms with Crippen molar-refractivity contribution in [3.63, 3.8) is 0 Å². The van der Waals surface area contributed by atoms with Crippen LogP contribution >= 0.6 is 0 Å². The Morgan fingerprint density at radius 3 is 2.47 bits per heavy atom. The van der Waals surface area contributed by atoms with E-state index >= 15 is 0 Å². The molecule has 0 N–H and O–H groups in total. The summed E-state index contributed by atoms with van der Waals surface area (Å²) in [5, 5.41) is 0.255. The van der Waals surface area contributed by atoms with Gasteiger partial charge in [0.15, 0.2) is 5.65 Å². The Morgan fingerprint density at radius 1 is 1.13 bits per heavy atom. The Hall–Kier alpha value is 0.106. The van der Waals surface area contributed by atoms with Gasteiger partial charge >= 0.3 is 51.4 Å². The minimum Gasteiger partial charge on any atom is -0.744 e. The van der Waals surface area contributed by atoms with E-state index in [9.17, 15) is 13.0 Å². The van der Waals surface area contributed by atoms with Crippen LogP contribution in [0.3, 0.4) is 0 Å². The van der Waals surface area contributed by atoms with E-state index in [1.54, 1.807) is 6.07 Å². The molecular weight excluding hydrogens is 243 g/mol. The summed E-state index contributed by atoms with van der Waals surface area (Å²) in [6, 6.07) is 4.23. The summed E-state index contributed by atoms with van der Waals surface area (Å²) < 4.78 is 32.5. The SMILES string of the molecule is O=S(=O)([O-])c1ccnc2ncccc12.[K+]. The van der Waals surface area contributed by atoms with Crippen molar-refractivity contribution >= 4 is 21.2 Å². The fourth-order valence-corrected chi connectivity index (χ4v) is 1.83. The molecule has 0 fully saturated rings. The number of fused-ring (bicyclic) bond motifs is 1. The molecule has 2 aromatic heterocycles. The molecule has 0 bridgehead atoms. The molecule has 0 aliphatic carbocycles. The number of hydrogen-bond donors (Lipinski definition) is 0. The summed E-state index contributed by atoms with van der Waals surface area (Å²) in [6.45, 7) is 0. The molecule has 2 rings (SSSR count). The molecule has 0 saturated heterocycles. The van der Waals surface area contributed by atoms with Gasteiger partial charge in [-0.2, -0.15) is 0 Å². The van der Waals surface area contributed by atoms with Crippen LogP contribution < -0.4 is 51.4 Å². The largest absolute Gasteiger partial charge is 1.00 e. The Balaban J connectivity index is 0.00000112. The average Bonchev–Trinajstić information content (AvgIpc) is 2.15. The van der Waals surface area contributed by atoms with E-state index in [0.29, 0.717) is 0 Å². The van der Waals surface area contributed by atoms with Crippen molar-refractivity contribution in [1.29, 1.82) is 0 Å². The molecule has 0 radical (unpaired) electrons. The molecule has 0 saturated carbocycles. The standard InChI is InChI=1S/C8H6N2O3S.K/c11-14(12,13)7-3-5-10-8-6(7)2-1-4-9-8;/h1-5H,(H,11,12,13);/q;+1/p-1. The van der Waals surface area contributed by atoms with Gasteiger partial charge in [-0.1, -0.05) is 0 Å². The van der Waals surface area contributed by atoms with Crippen LogP contribution in [0.25, 0.3) is 11.0 Å². The first-order chi connectivity index (χ1) is 6.59. The van der Waals surface area contributed by atoms with Gasteiger partial charge in [-0.15, -0.1) is 0 Å². The van der Waals surface area contributed by atoms with Gasteiger partial charge in [-0.05, 0) is 18.2 Å². The van der Waals surface area contributed by atoms with Crippen molar-refractivity contribution in [2.75, 3.05) is 0 Å². The smallest absolute Gasteiger partial charge is 0.744 e. The van der Waals surface area contributed by atoms with Crippen molar-refractivity contribution in [2.45, 2.75) is 4.90 Å². The van der Waals surface area contributed by atoms with Crippen LogP contribution in [0.2, 0.25) is 0 Å². The number of nitrogens with zero attached hydrogens (tertiary/aromatic N) is 2. The van der Waals surface area contributed by atoms with Gasteiger partial charge in [-0.25, -0.2) is 18.4 Å². The maximum absolute atomic E-state index is 10.8. The first-order valence-electron chi connectivity index (χ1n) is 3.75. The van der Waals surface area contributed by atoms with Gasteiger partial charge in [0, 0.05) is 17.8 Å². The molecule has 0 amide bonds. The zero-order valence-corrected chi connectivity index (χ0v) is 11.9. The van der Waals surface area contributed by atoms with Gasteiger partial charge in [-0.3, -0.25) is 0 Å². The van der Waals surface area contributed by atoms with E-state index in [1.807, 2.05) is 0 Å². The van der Waals surface area contributed by atoms with Crippen molar-refractivity contribution < 1.29 is 64.4 Å². The van der Waals surface area contributed by atoms with E-state index in [0.717, 1.165) is 0 Å². The van der Waals surface area contributed by atoms with Gasteiger partial charge in [0.2, 0.25) is 0 Å². The predicted octanol–water partition coefficient (Wildman–Crippen LogP) is -2.46. The third-order valence-electron chi connectivity index (χ3n) is 1.74. The zero-order valence-electron chi connectivity index (χ0n) is 7.91. The van der Waals surface area contributed by atoms with Crippen molar-refractivity contribution in [2.24, 2.45) is 0 Å². The molecule has 7 heteroatoms. The molecule has 2 heterocycles. The Kier molecular flexibility index (Phi) is 4.35. The fraction of sp³-hybridized carbons (Fsp3) is 0. The first-order valence-corrected chi connectivity index (χ1v) is 5.15. The van der Waals surface area contributed by atoms with E-state index in [4.69, 9.17) is 0 Å². The monoisotopic (exact) mass is 248 g/mol. The molecule has 0 aliphatic rings. The molecule has 2 aromatic rings. The molecule has 0 atom stereocenters. The first kappa shape index (κ1) is 13.2. The maximum atomic E-state index is 10.8. The van der Waals surface area contributed by atoms with Crippen LogP contribution in [0, 0.1) is 0 Å². The summed E-state index contributed by atoms with van der Waals surface area (Å²) in [5.74, 6) is 0.